The van der Waals surface area contributed by atoms with Crippen molar-refractivity contribution in [3.05, 3.63) is 77.9 Å². The average Bonchev–Trinajstić information content (AvgIpc) is 2.79. The van der Waals surface area contributed by atoms with Crippen LogP contribution < -0.4 is 19.5 Å². The molecule has 0 fully saturated rings. The molecular formula is C25H27NO4. The predicted molar refractivity (Wildman–Crippen MR) is 118 cm³/mol. The Hall–Kier alpha value is -3.47. The van der Waals surface area contributed by atoms with Crippen LogP contribution in [0.15, 0.2) is 66.7 Å². The molecule has 3 aromatic rings. The molecule has 0 aliphatic heterocycles. The van der Waals surface area contributed by atoms with Crippen molar-refractivity contribution in [2.45, 2.75) is 19.4 Å². The van der Waals surface area contributed by atoms with E-state index in [0.29, 0.717) is 17.2 Å². The summed E-state index contributed by atoms with van der Waals surface area (Å²) < 4.78 is 16.2. The molecule has 0 aromatic heterocycles. The van der Waals surface area contributed by atoms with Crippen molar-refractivity contribution in [2.75, 3.05) is 21.3 Å². The summed E-state index contributed by atoms with van der Waals surface area (Å²) >= 11 is 0. The Kier molecular flexibility index (Phi) is 6.96. The zero-order valence-corrected chi connectivity index (χ0v) is 17.8. The van der Waals surface area contributed by atoms with Gasteiger partial charge in [-0.2, -0.15) is 0 Å². The van der Waals surface area contributed by atoms with E-state index in [1.807, 2.05) is 43.3 Å². The highest BCUT2D eigenvalue weighted by atomic mass is 16.5. The zero-order chi connectivity index (χ0) is 21.5. The van der Waals surface area contributed by atoms with Crippen molar-refractivity contribution in [1.82, 2.24) is 5.32 Å². The summed E-state index contributed by atoms with van der Waals surface area (Å²) in [6.07, 6.45) is 0.177. The van der Waals surface area contributed by atoms with Crippen LogP contribution in [0.2, 0.25) is 0 Å². The van der Waals surface area contributed by atoms with E-state index in [0.717, 1.165) is 16.7 Å². The van der Waals surface area contributed by atoms with Gasteiger partial charge in [0.2, 0.25) is 11.7 Å². The molecule has 3 rings (SSSR count). The summed E-state index contributed by atoms with van der Waals surface area (Å²) in [5, 5.41) is 3.05. The highest BCUT2D eigenvalue weighted by Gasteiger charge is 2.19. The molecule has 0 saturated heterocycles. The first-order valence-corrected chi connectivity index (χ1v) is 9.80. The maximum absolute atomic E-state index is 12.7. The lowest BCUT2D eigenvalue weighted by atomic mass is 10.0. The lowest BCUT2D eigenvalue weighted by Gasteiger charge is -2.18. The van der Waals surface area contributed by atoms with Crippen molar-refractivity contribution in [2.24, 2.45) is 0 Å². The second kappa shape index (κ2) is 9.83. The van der Waals surface area contributed by atoms with Gasteiger partial charge in [-0.1, -0.05) is 60.7 Å². The van der Waals surface area contributed by atoms with Crippen molar-refractivity contribution in [3.8, 4) is 28.4 Å². The predicted octanol–water partition coefficient (Wildman–Crippen LogP) is 4.80. The van der Waals surface area contributed by atoms with E-state index in [1.165, 1.54) is 5.56 Å². The molecule has 0 radical (unpaired) electrons. The standard InChI is InChI=1S/C25H27NO4/c1-17(18-10-12-20(13-11-18)19-8-6-5-7-9-19)26-23(27)16-21-14-15-22(28-2)25(30-4)24(21)29-3/h5-15,17H,16H2,1-4H3,(H,26,27)/t17-/m1/s1. The van der Waals surface area contributed by atoms with Crippen LogP contribution >= 0.6 is 0 Å². The summed E-state index contributed by atoms with van der Waals surface area (Å²) in [6, 6.07) is 21.9. The smallest absolute Gasteiger partial charge is 0.225 e. The Morgan fingerprint density at radius 2 is 1.43 bits per heavy atom. The molecule has 0 saturated carbocycles. The van der Waals surface area contributed by atoms with Gasteiger partial charge in [0.1, 0.15) is 0 Å². The Bertz CT molecular complexity index is 984. The SMILES string of the molecule is COc1ccc(CC(=O)N[C@H](C)c2ccc(-c3ccccc3)cc2)c(OC)c1OC. The molecule has 0 bridgehead atoms. The largest absolute Gasteiger partial charge is 0.493 e. The van der Waals surface area contributed by atoms with Crippen molar-refractivity contribution in [3.63, 3.8) is 0 Å². The number of carbonyl (C=O) groups is 1. The van der Waals surface area contributed by atoms with Crippen LogP contribution in [-0.2, 0) is 11.2 Å². The molecule has 5 heteroatoms. The molecule has 1 amide bonds. The molecule has 1 N–H and O–H groups in total. The number of hydrogen-bond acceptors (Lipinski definition) is 4. The van der Waals surface area contributed by atoms with Gasteiger partial charge in [0.15, 0.2) is 11.5 Å². The topological polar surface area (TPSA) is 56.8 Å². The van der Waals surface area contributed by atoms with Gasteiger partial charge < -0.3 is 19.5 Å². The molecule has 3 aromatic carbocycles. The number of carbonyl (C=O) groups excluding carboxylic acids is 1. The van der Waals surface area contributed by atoms with Crippen LogP contribution in [0.1, 0.15) is 24.1 Å². The van der Waals surface area contributed by atoms with E-state index in [2.05, 4.69) is 29.6 Å². The fourth-order valence-electron chi connectivity index (χ4n) is 3.45. The van der Waals surface area contributed by atoms with Crippen molar-refractivity contribution in [1.29, 1.82) is 0 Å². The molecule has 5 nitrogen and oxygen atoms in total. The van der Waals surface area contributed by atoms with Gasteiger partial charge in [-0.15, -0.1) is 0 Å². The molecule has 0 unspecified atom stereocenters. The molecule has 30 heavy (non-hydrogen) atoms. The van der Waals surface area contributed by atoms with Crippen molar-refractivity contribution < 1.29 is 19.0 Å². The fourth-order valence-corrected chi connectivity index (χ4v) is 3.45. The lowest BCUT2D eigenvalue weighted by Crippen LogP contribution is -2.28. The van der Waals surface area contributed by atoms with E-state index >= 15 is 0 Å². The van der Waals surface area contributed by atoms with Gasteiger partial charge in [-0.25, -0.2) is 0 Å². The number of methoxy groups -OCH3 is 3. The third kappa shape index (κ3) is 4.74. The minimum atomic E-state index is -0.117. The minimum absolute atomic E-state index is 0.0971. The van der Waals surface area contributed by atoms with Crippen LogP contribution in [0, 0.1) is 0 Å². The van der Waals surface area contributed by atoms with E-state index in [4.69, 9.17) is 14.2 Å². The Morgan fingerprint density at radius 1 is 0.800 bits per heavy atom. The second-order valence-corrected chi connectivity index (χ2v) is 6.95. The zero-order valence-electron chi connectivity index (χ0n) is 17.8. The Morgan fingerprint density at radius 3 is 2.03 bits per heavy atom. The Labute approximate surface area is 177 Å². The van der Waals surface area contributed by atoms with Gasteiger partial charge in [-0.05, 0) is 29.7 Å². The number of hydrogen-bond donors (Lipinski definition) is 1. The molecule has 0 spiro atoms. The fraction of sp³-hybridized carbons (Fsp3) is 0.240. The minimum Gasteiger partial charge on any atom is -0.493 e. The van der Waals surface area contributed by atoms with E-state index in [9.17, 15) is 4.79 Å². The van der Waals surface area contributed by atoms with E-state index in [1.54, 1.807) is 27.4 Å². The first kappa shape index (κ1) is 21.2. The number of nitrogens with one attached hydrogen (secondary N) is 1. The van der Waals surface area contributed by atoms with Gasteiger partial charge in [-0.3, -0.25) is 4.79 Å². The molecule has 1 atom stereocenters. The first-order valence-electron chi connectivity index (χ1n) is 9.80. The van der Waals surface area contributed by atoms with Crippen LogP contribution in [-0.4, -0.2) is 27.2 Å². The van der Waals surface area contributed by atoms with Crippen LogP contribution in [0.4, 0.5) is 0 Å². The van der Waals surface area contributed by atoms with E-state index < -0.39 is 0 Å². The Balaban J connectivity index is 1.69. The maximum atomic E-state index is 12.7. The number of amides is 1. The number of benzene rings is 3. The second-order valence-electron chi connectivity index (χ2n) is 6.95. The first-order chi connectivity index (χ1) is 14.6. The molecule has 0 heterocycles. The lowest BCUT2D eigenvalue weighted by molar-refractivity contribution is -0.121. The summed E-state index contributed by atoms with van der Waals surface area (Å²) in [7, 11) is 4.66. The number of ether oxygens (including phenoxy) is 3. The monoisotopic (exact) mass is 405 g/mol. The molecule has 0 aliphatic rings. The maximum Gasteiger partial charge on any atom is 0.225 e. The van der Waals surface area contributed by atoms with Crippen LogP contribution in [0.3, 0.4) is 0 Å². The highest BCUT2D eigenvalue weighted by molar-refractivity contribution is 5.80. The van der Waals surface area contributed by atoms with Gasteiger partial charge >= 0.3 is 0 Å². The summed E-state index contributed by atoms with van der Waals surface area (Å²) in [4.78, 5) is 12.7. The van der Waals surface area contributed by atoms with Crippen LogP contribution in [0.25, 0.3) is 11.1 Å². The molecule has 0 aliphatic carbocycles. The van der Waals surface area contributed by atoms with Gasteiger partial charge in [0.05, 0.1) is 33.8 Å². The van der Waals surface area contributed by atoms with Gasteiger partial charge in [0, 0.05) is 5.56 Å². The third-order valence-electron chi connectivity index (χ3n) is 5.03. The molecular weight excluding hydrogens is 378 g/mol. The summed E-state index contributed by atoms with van der Waals surface area (Å²) in [5.74, 6) is 1.45. The van der Waals surface area contributed by atoms with Crippen molar-refractivity contribution >= 4 is 5.91 Å². The highest BCUT2D eigenvalue weighted by Crippen LogP contribution is 2.39. The third-order valence-corrected chi connectivity index (χ3v) is 5.03. The normalized spacial score (nSPS) is 11.5. The van der Waals surface area contributed by atoms with Crippen LogP contribution in [0.5, 0.6) is 17.2 Å². The molecule has 156 valence electrons. The van der Waals surface area contributed by atoms with E-state index in [-0.39, 0.29) is 18.4 Å². The summed E-state index contributed by atoms with van der Waals surface area (Å²) in [5.41, 5.74) is 4.09. The quantitative estimate of drug-likeness (QED) is 0.585. The average molecular weight is 405 g/mol. The summed E-state index contributed by atoms with van der Waals surface area (Å²) in [6.45, 7) is 1.97. The number of rotatable bonds is 8. The van der Waals surface area contributed by atoms with Gasteiger partial charge in [0.25, 0.3) is 0 Å².